The summed E-state index contributed by atoms with van der Waals surface area (Å²) in [6, 6.07) is 9.24. The van der Waals surface area contributed by atoms with Crippen LogP contribution >= 0.6 is 0 Å². The normalized spacial score (nSPS) is 17.2. The number of benzene rings is 2. The summed E-state index contributed by atoms with van der Waals surface area (Å²) in [4.78, 5) is 17.4. The minimum atomic E-state index is -3.72. The van der Waals surface area contributed by atoms with Gasteiger partial charge in [-0.15, -0.1) is 0 Å². The standard InChI is InChI=1S/C24H31FN4O4S/c1-27(2)34(31,32)19-7-9-22(28-10-4-3-5-11-28)20(17-19)24(30)26-18-6-8-23(21(25)16-18)29-12-14-33-15-13-29/h6-9,16-17H,3-5,10-15H2,1-2H3,(H,26,30). The maximum atomic E-state index is 14.8. The van der Waals surface area contributed by atoms with Gasteiger partial charge in [-0.05, 0) is 55.7 Å². The van der Waals surface area contributed by atoms with Gasteiger partial charge in [-0.1, -0.05) is 0 Å². The van der Waals surface area contributed by atoms with E-state index in [4.69, 9.17) is 4.74 Å². The molecule has 0 unspecified atom stereocenters. The molecule has 2 heterocycles. The molecular formula is C24H31FN4O4S. The lowest BCUT2D eigenvalue weighted by Crippen LogP contribution is -2.36. The van der Waals surface area contributed by atoms with Crippen LogP contribution in [0.1, 0.15) is 29.6 Å². The monoisotopic (exact) mass is 490 g/mol. The molecule has 2 aliphatic rings. The molecule has 2 aromatic carbocycles. The van der Waals surface area contributed by atoms with Gasteiger partial charge in [-0.2, -0.15) is 0 Å². The SMILES string of the molecule is CN(C)S(=O)(=O)c1ccc(N2CCCCC2)c(C(=O)Nc2ccc(N3CCOCC3)c(F)c2)c1. The third kappa shape index (κ3) is 5.18. The quantitative estimate of drug-likeness (QED) is 0.670. The highest BCUT2D eigenvalue weighted by Crippen LogP contribution is 2.29. The molecule has 2 fully saturated rings. The Labute approximate surface area is 200 Å². The lowest BCUT2D eigenvalue weighted by Gasteiger charge is -2.31. The first-order chi connectivity index (χ1) is 16.3. The van der Waals surface area contributed by atoms with E-state index in [1.54, 1.807) is 18.2 Å². The summed E-state index contributed by atoms with van der Waals surface area (Å²) in [6.45, 7) is 3.89. The van der Waals surface area contributed by atoms with Crippen LogP contribution in [0.25, 0.3) is 0 Å². The number of nitrogens with zero attached hydrogens (tertiary/aromatic N) is 3. The van der Waals surface area contributed by atoms with Crippen molar-refractivity contribution in [1.82, 2.24) is 4.31 Å². The van der Waals surface area contributed by atoms with E-state index in [9.17, 15) is 17.6 Å². The summed E-state index contributed by atoms with van der Waals surface area (Å²) in [5, 5.41) is 2.76. The van der Waals surface area contributed by atoms with E-state index in [-0.39, 0.29) is 10.5 Å². The number of nitrogens with one attached hydrogen (secondary N) is 1. The fourth-order valence-corrected chi connectivity index (χ4v) is 5.25. The highest BCUT2D eigenvalue weighted by Gasteiger charge is 2.24. The molecule has 0 saturated carbocycles. The first kappa shape index (κ1) is 24.4. The minimum absolute atomic E-state index is 0.0391. The molecule has 0 atom stereocenters. The second-order valence-electron chi connectivity index (χ2n) is 8.73. The number of carbonyl (C=O) groups is 1. The Morgan fingerprint density at radius 3 is 2.24 bits per heavy atom. The van der Waals surface area contributed by atoms with E-state index in [0.29, 0.717) is 43.4 Å². The molecule has 0 radical (unpaired) electrons. The Hall–Kier alpha value is -2.69. The number of piperidine rings is 1. The van der Waals surface area contributed by atoms with Crippen molar-refractivity contribution in [2.75, 3.05) is 68.6 Å². The number of anilines is 3. The van der Waals surface area contributed by atoms with Crippen molar-refractivity contribution >= 4 is 33.0 Å². The molecule has 184 valence electrons. The number of hydrogen-bond acceptors (Lipinski definition) is 6. The van der Waals surface area contributed by atoms with Crippen LogP contribution in [0.5, 0.6) is 0 Å². The average molecular weight is 491 g/mol. The highest BCUT2D eigenvalue weighted by atomic mass is 32.2. The molecule has 0 aliphatic carbocycles. The van der Waals surface area contributed by atoms with Crippen LogP contribution in [-0.2, 0) is 14.8 Å². The number of hydrogen-bond donors (Lipinski definition) is 1. The molecule has 0 spiro atoms. The van der Waals surface area contributed by atoms with Crippen LogP contribution in [0.4, 0.5) is 21.5 Å². The molecule has 1 amide bonds. The van der Waals surface area contributed by atoms with Crippen molar-refractivity contribution in [2.45, 2.75) is 24.2 Å². The Balaban J connectivity index is 1.63. The molecule has 4 rings (SSSR count). The number of morpholine rings is 1. The summed E-state index contributed by atoms with van der Waals surface area (Å²) >= 11 is 0. The molecule has 34 heavy (non-hydrogen) atoms. The van der Waals surface area contributed by atoms with Gasteiger partial charge >= 0.3 is 0 Å². The predicted octanol–water partition coefficient (Wildman–Crippen LogP) is 3.16. The molecule has 0 bridgehead atoms. The zero-order valence-corrected chi connectivity index (χ0v) is 20.4. The van der Waals surface area contributed by atoms with Crippen molar-refractivity contribution in [3.05, 3.63) is 47.8 Å². The van der Waals surface area contributed by atoms with Crippen LogP contribution in [0.2, 0.25) is 0 Å². The number of amides is 1. The Kier molecular flexibility index (Phi) is 7.39. The van der Waals surface area contributed by atoms with Gasteiger partial charge in [0.05, 0.1) is 29.4 Å². The summed E-state index contributed by atoms with van der Waals surface area (Å²) in [6.07, 6.45) is 3.14. The van der Waals surface area contributed by atoms with E-state index in [2.05, 4.69) is 10.2 Å². The van der Waals surface area contributed by atoms with Gasteiger partial charge in [-0.25, -0.2) is 17.1 Å². The molecule has 1 N–H and O–H groups in total. The van der Waals surface area contributed by atoms with Crippen LogP contribution in [0, 0.1) is 5.82 Å². The van der Waals surface area contributed by atoms with Gasteiger partial charge in [0.15, 0.2) is 0 Å². The largest absolute Gasteiger partial charge is 0.378 e. The van der Waals surface area contributed by atoms with Crippen LogP contribution in [0.3, 0.4) is 0 Å². The van der Waals surface area contributed by atoms with Crippen molar-refractivity contribution < 1.29 is 22.3 Å². The molecule has 10 heteroatoms. The van der Waals surface area contributed by atoms with Gasteiger partial charge in [0.25, 0.3) is 5.91 Å². The Morgan fingerprint density at radius 1 is 0.941 bits per heavy atom. The highest BCUT2D eigenvalue weighted by molar-refractivity contribution is 7.89. The lowest BCUT2D eigenvalue weighted by atomic mass is 10.1. The number of rotatable bonds is 6. The van der Waals surface area contributed by atoms with Crippen LogP contribution in [-0.4, -0.2) is 72.1 Å². The molecule has 2 aromatic rings. The van der Waals surface area contributed by atoms with Gasteiger partial charge in [0, 0.05) is 51.6 Å². The zero-order valence-electron chi connectivity index (χ0n) is 19.6. The summed E-state index contributed by atoms with van der Waals surface area (Å²) in [7, 11) is -0.817. The summed E-state index contributed by atoms with van der Waals surface area (Å²) in [5.41, 5.74) is 1.71. The number of sulfonamides is 1. The third-order valence-electron chi connectivity index (χ3n) is 6.25. The van der Waals surface area contributed by atoms with E-state index < -0.39 is 21.7 Å². The fourth-order valence-electron chi connectivity index (χ4n) is 4.32. The summed E-state index contributed by atoms with van der Waals surface area (Å²) < 4.78 is 46.7. The lowest BCUT2D eigenvalue weighted by molar-refractivity contribution is 0.102. The first-order valence-electron chi connectivity index (χ1n) is 11.5. The smallest absolute Gasteiger partial charge is 0.257 e. The summed E-state index contributed by atoms with van der Waals surface area (Å²) in [5.74, 6) is -0.908. The van der Waals surface area contributed by atoms with Crippen molar-refractivity contribution in [3.8, 4) is 0 Å². The van der Waals surface area contributed by atoms with Crippen molar-refractivity contribution in [2.24, 2.45) is 0 Å². The van der Waals surface area contributed by atoms with Crippen molar-refractivity contribution in [3.63, 3.8) is 0 Å². The number of halogens is 1. The first-order valence-corrected chi connectivity index (χ1v) is 13.0. The van der Waals surface area contributed by atoms with E-state index in [0.717, 1.165) is 36.7 Å². The molecular weight excluding hydrogens is 459 g/mol. The molecule has 0 aromatic heterocycles. The van der Waals surface area contributed by atoms with Gasteiger partial charge in [0.1, 0.15) is 5.82 Å². The maximum Gasteiger partial charge on any atom is 0.257 e. The number of ether oxygens (including phenoxy) is 1. The van der Waals surface area contributed by atoms with E-state index in [1.807, 2.05) is 4.90 Å². The van der Waals surface area contributed by atoms with E-state index >= 15 is 0 Å². The predicted molar refractivity (Wildman–Crippen MR) is 131 cm³/mol. The minimum Gasteiger partial charge on any atom is -0.378 e. The topological polar surface area (TPSA) is 82.2 Å². The van der Waals surface area contributed by atoms with Crippen LogP contribution < -0.4 is 15.1 Å². The van der Waals surface area contributed by atoms with Crippen molar-refractivity contribution in [1.29, 1.82) is 0 Å². The zero-order chi connectivity index (χ0) is 24.3. The molecule has 2 aliphatic heterocycles. The van der Waals surface area contributed by atoms with Gasteiger partial charge < -0.3 is 19.9 Å². The maximum absolute atomic E-state index is 14.8. The van der Waals surface area contributed by atoms with Crippen LogP contribution in [0.15, 0.2) is 41.3 Å². The number of carbonyl (C=O) groups excluding carboxylic acids is 1. The Morgan fingerprint density at radius 2 is 1.59 bits per heavy atom. The fraction of sp³-hybridized carbons (Fsp3) is 0.458. The van der Waals surface area contributed by atoms with Gasteiger partial charge in [0.2, 0.25) is 10.0 Å². The van der Waals surface area contributed by atoms with Gasteiger partial charge in [-0.3, -0.25) is 4.79 Å². The van der Waals surface area contributed by atoms with E-state index in [1.165, 1.54) is 32.3 Å². The Bertz CT molecular complexity index is 1140. The second-order valence-corrected chi connectivity index (χ2v) is 10.9. The third-order valence-corrected chi connectivity index (χ3v) is 8.06. The molecule has 2 saturated heterocycles. The molecule has 8 nitrogen and oxygen atoms in total. The second kappa shape index (κ2) is 10.3. The average Bonchev–Trinajstić information content (AvgIpc) is 2.84.